The van der Waals surface area contributed by atoms with Crippen molar-refractivity contribution in [1.29, 1.82) is 0 Å². The number of hydrogen-bond donors (Lipinski definition) is 3. The van der Waals surface area contributed by atoms with E-state index in [0.717, 1.165) is 59.4 Å². The van der Waals surface area contributed by atoms with E-state index < -0.39 is 0 Å². The predicted octanol–water partition coefficient (Wildman–Crippen LogP) is 4.36. The van der Waals surface area contributed by atoms with Crippen molar-refractivity contribution in [2.45, 2.75) is 44.7 Å². The van der Waals surface area contributed by atoms with Crippen molar-refractivity contribution in [3.8, 4) is 16.9 Å². The van der Waals surface area contributed by atoms with Gasteiger partial charge in [0.15, 0.2) is 0 Å². The Morgan fingerprint density at radius 3 is 2.85 bits per heavy atom. The Morgan fingerprint density at radius 2 is 2.07 bits per heavy atom. The first-order valence-electron chi connectivity index (χ1n) is 9.42. The van der Waals surface area contributed by atoms with Crippen LogP contribution in [-0.4, -0.2) is 33.6 Å². The molecule has 142 valence electrons. The van der Waals surface area contributed by atoms with Crippen molar-refractivity contribution in [3.63, 3.8) is 0 Å². The van der Waals surface area contributed by atoms with Crippen molar-refractivity contribution >= 4 is 28.5 Å². The fraction of sp³-hybridized carbons (Fsp3) is 0.400. The molecule has 0 atom stereocenters. The number of ether oxygens (including phenoxy) is 1. The van der Waals surface area contributed by atoms with Gasteiger partial charge in [0.05, 0.1) is 12.8 Å². The fourth-order valence-electron chi connectivity index (χ4n) is 3.67. The lowest BCUT2D eigenvalue weighted by Crippen LogP contribution is -2.33. The number of anilines is 1. The summed E-state index contributed by atoms with van der Waals surface area (Å²) < 4.78 is 5.59. The van der Waals surface area contributed by atoms with E-state index in [1.165, 1.54) is 0 Å². The summed E-state index contributed by atoms with van der Waals surface area (Å²) in [5, 5.41) is 4.98. The average Bonchev–Trinajstić information content (AvgIpc) is 3.07. The monoisotopic (exact) mass is 385 g/mol. The number of aromatic amines is 1. The predicted molar refractivity (Wildman–Crippen MR) is 109 cm³/mol. The second-order valence-electron chi connectivity index (χ2n) is 7.02. The van der Waals surface area contributed by atoms with Crippen LogP contribution in [0, 0.1) is 0 Å². The van der Waals surface area contributed by atoms with E-state index in [-0.39, 0.29) is 0 Å². The Labute approximate surface area is 163 Å². The van der Waals surface area contributed by atoms with E-state index >= 15 is 0 Å². The zero-order valence-corrected chi connectivity index (χ0v) is 16.1. The van der Waals surface area contributed by atoms with E-state index in [0.29, 0.717) is 23.8 Å². The number of nitrogens with zero attached hydrogens (tertiary/aromatic N) is 2. The first-order valence-corrected chi connectivity index (χ1v) is 9.80. The van der Waals surface area contributed by atoms with E-state index in [1.54, 1.807) is 6.20 Å². The number of H-pyrrole nitrogens is 1. The zero-order valence-electron chi connectivity index (χ0n) is 15.3. The third-order valence-corrected chi connectivity index (χ3v) is 5.24. The summed E-state index contributed by atoms with van der Waals surface area (Å²) in [5.74, 6) is 1.55. The van der Waals surface area contributed by atoms with Crippen molar-refractivity contribution in [3.05, 3.63) is 35.7 Å². The van der Waals surface area contributed by atoms with Crippen LogP contribution in [0.1, 0.15) is 32.6 Å². The van der Waals surface area contributed by atoms with Gasteiger partial charge >= 0.3 is 0 Å². The van der Waals surface area contributed by atoms with Crippen LogP contribution >= 0.6 is 11.6 Å². The van der Waals surface area contributed by atoms with E-state index in [4.69, 9.17) is 22.1 Å². The van der Waals surface area contributed by atoms with Gasteiger partial charge in [0, 0.05) is 29.2 Å². The summed E-state index contributed by atoms with van der Waals surface area (Å²) in [7, 11) is 0. The number of hydrogen-bond acceptors (Lipinski definition) is 5. The lowest BCUT2D eigenvalue weighted by molar-refractivity contribution is 0.339. The number of rotatable bonds is 5. The second-order valence-corrected chi connectivity index (χ2v) is 7.41. The Bertz CT molecular complexity index is 933. The molecule has 6 nitrogen and oxygen atoms in total. The number of nitrogens with two attached hydrogens (primary N) is 1. The van der Waals surface area contributed by atoms with Crippen LogP contribution in [0.15, 0.2) is 30.6 Å². The van der Waals surface area contributed by atoms with Crippen LogP contribution in [0.4, 0.5) is 5.82 Å². The van der Waals surface area contributed by atoms with Gasteiger partial charge < -0.3 is 20.8 Å². The van der Waals surface area contributed by atoms with Crippen molar-refractivity contribution in [2.75, 3.05) is 11.9 Å². The molecule has 0 unspecified atom stereocenters. The standard InChI is InChI=1S/C20H24ClN5O/c1-2-27-15-9-16-17(11-24-20(16)23-10-15)12-7-18(21)26-19(8-12)25-14-5-3-13(22)4-6-14/h7-11,13-14H,2-6,22H2,1H3,(H,23,24)(H,25,26). The lowest BCUT2D eigenvalue weighted by atomic mass is 9.92. The average molecular weight is 386 g/mol. The van der Waals surface area contributed by atoms with E-state index in [2.05, 4.69) is 20.3 Å². The molecule has 4 N–H and O–H groups in total. The van der Waals surface area contributed by atoms with Gasteiger partial charge in [-0.15, -0.1) is 0 Å². The lowest BCUT2D eigenvalue weighted by Gasteiger charge is -2.27. The highest BCUT2D eigenvalue weighted by Gasteiger charge is 2.19. The molecular formula is C20H24ClN5O. The molecule has 3 aromatic rings. The normalized spacial score (nSPS) is 20.0. The van der Waals surface area contributed by atoms with Gasteiger partial charge in [-0.05, 0) is 56.4 Å². The summed E-state index contributed by atoms with van der Waals surface area (Å²) in [6, 6.07) is 6.62. The maximum Gasteiger partial charge on any atom is 0.138 e. The highest BCUT2D eigenvalue weighted by molar-refractivity contribution is 6.29. The molecule has 1 aliphatic carbocycles. The summed E-state index contributed by atoms with van der Waals surface area (Å²) >= 11 is 6.32. The van der Waals surface area contributed by atoms with Crippen molar-refractivity contribution in [1.82, 2.24) is 15.0 Å². The highest BCUT2D eigenvalue weighted by atomic mass is 35.5. The van der Waals surface area contributed by atoms with Gasteiger partial charge in [-0.25, -0.2) is 9.97 Å². The summed E-state index contributed by atoms with van der Waals surface area (Å²) in [6.07, 6.45) is 7.87. The number of halogens is 1. The first kappa shape index (κ1) is 18.1. The molecule has 1 aliphatic rings. The fourth-order valence-corrected chi connectivity index (χ4v) is 3.88. The van der Waals surface area contributed by atoms with Crippen LogP contribution in [0.5, 0.6) is 5.75 Å². The second kappa shape index (κ2) is 7.74. The molecule has 7 heteroatoms. The van der Waals surface area contributed by atoms with Crippen LogP contribution in [0.3, 0.4) is 0 Å². The minimum atomic E-state index is 0.323. The van der Waals surface area contributed by atoms with Crippen LogP contribution < -0.4 is 15.8 Å². The summed E-state index contributed by atoms with van der Waals surface area (Å²) in [5.41, 5.74) is 8.84. The van der Waals surface area contributed by atoms with Gasteiger partial charge in [0.2, 0.25) is 0 Å². The quantitative estimate of drug-likeness (QED) is 0.568. The minimum absolute atomic E-state index is 0.323. The topological polar surface area (TPSA) is 88.8 Å². The van der Waals surface area contributed by atoms with Crippen LogP contribution in [0.2, 0.25) is 5.15 Å². The van der Waals surface area contributed by atoms with Gasteiger partial charge in [0.1, 0.15) is 22.4 Å². The third kappa shape index (κ3) is 4.01. The molecule has 1 saturated carbocycles. The molecule has 3 heterocycles. The smallest absolute Gasteiger partial charge is 0.138 e. The molecule has 4 rings (SSSR count). The molecule has 0 saturated heterocycles. The Hall–Kier alpha value is -2.31. The molecule has 1 fully saturated rings. The number of pyridine rings is 2. The molecule has 3 aromatic heterocycles. The molecular weight excluding hydrogens is 362 g/mol. The Morgan fingerprint density at radius 1 is 1.26 bits per heavy atom. The zero-order chi connectivity index (χ0) is 18.8. The molecule has 0 aromatic carbocycles. The molecule has 0 radical (unpaired) electrons. The van der Waals surface area contributed by atoms with Crippen LogP contribution in [-0.2, 0) is 0 Å². The largest absolute Gasteiger partial charge is 0.492 e. The van der Waals surface area contributed by atoms with Crippen LogP contribution in [0.25, 0.3) is 22.2 Å². The molecule has 27 heavy (non-hydrogen) atoms. The summed E-state index contributed by atoms with van der Waals surface area (Å²) in [4.78, 5) is 12.1. The molecule has 0 aliphatic heterocycles. The van der Waals surface area contributed by atoms with Gasteiger partial charge in [-0.2, -0.15) is 0 Å². The summed E-state index contributed by atoms with van der Waals surface area (Å²) in [6.45, 7) is 2.56. The van der Waals surface area contributed by atoms with E-state index in [1.807, 2.05) is 31.3 Å². The maximum absolute atomic E-state index is 6.32. The van der Waals surface area contributed by atoms with Crippen molar-refractivity contribution in [2.24, 2.45) is 5.73 Å². The Kier molecular flexibility index (Phi) is 5.18. The molecule has 0 spiro atoms. The SMILES string of the molecule is CCOc1cnc2[nH]cc(-c3cc(Cl)nc(NC4CCC(N)CC4)c3)c2c1. The first-order chi connectivity index (χ1) is 13.1. The highest BCUT2D eigenvalue weighted by Crippen LogP contribution is 2.33. The molecule has 0 amide bonds. The number of nitrogens with one attached hydrogen (secondary N) is 2. The van der Waals surface area contributed by atoms with Gasteiger partial charge in [-0.3, -0.25) is 0 Å². The maximum atomic E-state index is 6.32. The van der Waals surface area contributed by atoms with Crippen molar-refractivity contribution < 1.29 is 4.74 Å². The van der Waals surface area contributed by atoms with Gasteiger partial charge in [0.25, 0.3) is 0 Å². The Balaban J connectivity index is 1.64. The number of aromatic nitrogens is 3. The third-order valence-electron chi connectivity index (χ3n) is 5.05. The van der Waals surface area contributed by atoms with Gasteiger partial charge in [-0.1, -0.05) is 11.6 Å². The minimum Gasteiger partial charge on any atom is -0.492 e. The number of fused-ring (bicyclic) bond motifs is 1. The molecule has 0 bridgehead atoms. The van der Waals surface area contributed by atoms with E-state index in [9.17, 15) is 0 Å².